The van der Waals surface area contributed by atoms with E-state index in [1.807, 2.05) is 16.7 Å². The Labute approximate surface area is 154 Å². The summed E-state index contributed by atoms with van der Waals surface area (Å²) in [5, 5.41) is 13.4. The average Bonchev–Trinajstić information content (AvgIpc) is 3.12. The number of amides is 1. The third-order valence-electron chi connectivity index (χ3n) is 6.56. The van der Waals surface area contributed by atoms with Crippen molar-refractivity contribution in [2.75, 3.05) is 39.3 Å². The van der Waals surface area contributed by atoms with Crippen LogP contribution in [0.25, 0.3) is 0 Å². The van der Waals surface area contributed by atoms with Crippen molar-refractivity contribution in [3.05, 3.63) is 0 Å². The Morgan fingerprint density at radius 3 is 2.80 bits per heavy atom. The molecule has 4 fully saturated rings. The Bertz CT molecular complexity index is 552. The molecule has 138 valence electrons. The number of nitrogens with one attached hydrogen (secondary N) is 1. The molecule has 0 aromatic rings. The van der Waals surface area contributed by atoms with Gasteiger partial charge in [0.05, 0.1) is 6.54 Å². The molecule has 5 atom stereocenters. The highest BCUT2D eigenvalue weighted by atomic mass is 32.2. The molecule has 1 amide bonds. The van der Waals surface area contributed by atoms with E-state index in [4.69, 9.17) is 5.26 Å². The van der Waals surface area contributed by atoms with Gasteiger partial charge in [0.25, 0.3) is 0 Å². The van der Waals surface area contributed by atoms with Crippen molar-refractivity contribution in [2.45, 2.75) is 49.4 Å². The molecule has 1 aliphatic carbocycles. The summed E-state index contributed by atoms with van der Waals surface area (Å²) in [5.74, 6) is 1.80. The lowest BCUT2D eigenvalue weighted by Crippen LogP contribution is -2.66. The minimum absolute atomic E-state index is 0.117. The number of nitriles is 1. The van der Waals surface area contributed by atoms with E-state index < -0.39 is 0 Å². The summed E-state index contributed by atoms with van der Waals surface area (Å²) in [7, 11) is 0. The van der Waals surface area contributed by atoms with Crippen LogP contribution in [0.15, 0.2) is 0 Å². The van der Waals surface area contributed by atoms with Crippen LogP contribution in [-0.4, -0.2) is 76.7 Å². The van der Waals surface area contributed by atoms with E-state index in [-0.39, 0.29) is 17.4 Å². The predicted octanol–water partition coefficient (Wildman–Crippen LogP) is 1.11. The summed E-state index contributed by atoms with van der Waals surface area (Å²) in [6.45, 7) is 7.28. The van der Waals surface area contributed by atoms with Crippen LogP contribution in [0, 0.1) is 23.3 Å². The molecule has 0 aromatic heterocycles. The topological polar surface area (TPSA) is 62.6 Å². The summed E-state index contributed by atoms with van der Waals surface area (Å²) < 4.78 is 0. The van der Waals surface area contributed by atoms with Crippen LogP contribution in [-0.2, 0) is 4.79 Å². The maximum Gasteiger partial charge on any atom is 0.243 e. The summed E-state index contributed by atoms with van der Waals surface area (Å²) >= 11 is 1.97. The van der Waals surface area contributed by atoms with Gasteiger partial charge in [0.1, 0.15) is 11.5 Å². The van der Waals surface area contributed by atoms with Crippen LogP contribution in [0.5, 0.6) is 0 Å². The number of carbonyl (C=O) groups is 1. The van der Waals surface area contributed by atoms with Crippen LogP contribution in [0.2, 0.25) is 0 Å². The fourth-order valence-electron chi connectivity index (χ4n) is 5.00. The Morgan fingerprint density at radius 1 is 1.20 bits per heavy atom. The highest BCUT2D eigenvalue weighted by Crippen LogP contribution is 2.41. The number of piperazine rings is 2. The predicted molar refractivity (Wildman–Crippen MR) is 98.6 cm³/mol. The first kappa shape index (κ1) is 17.4. The number of hydrogen-bond acceptors (Lipinski definition) is 6. The van der Waals surface area contributed by atoms with Gasteiger partial charge in [-0.1, -0.05) is 26.2 Å². The van der Waals surface area contributed by atoms with Gasteiger partial charge in [-0.25, -0.2) is 0 Å². The lowest BCUT2D eigenvalue weighted by molar-refractivity contribution is -0.145. The van der Waals surface area contributed by atoms with Crippen molar-refractivity contribution < 1.29 is 4.79 Å². The van der Waals surface area contributed by atoms with Crippen molar-refractivity contribution >= 4 is 17.7 Å². The molecular formula is C18H29N5OS. The Balaban J connectivity index is 1.39. The van der Waals surface area contributed by atoms with E-state index in [1.165, 1.54) is 25.7 Å². The number of fused-ring (bicyclic) bond motifs is 1. The summed E-state index contributed by atoms with van der Waals surface area (Å²) in [4.78, 5) is 19.1. The summed E-state index contributed by atoms with van der Waals surface area (Å²) in [6, 6.07) is -0.141. The van der Waals surface area contributed by atoms with Crippen LogP contribution in [0.3, 0.4) is 0 Å². The largest absolute Gasteiger partial charge is 0.315 e. The first-order chi connectivity index (χ1) is 12.2. The van der Waals surface area contributed by atoms with E-state index in [0.29, 0.717) is 11.8 Å². The Hall–Kier alpha value is -0.970. The van der Waals surface area contributed by atoms with Gasteiger partial charge in [-0.05, 0) is 18.3 Å². The van der Waals surface area contributed by atoms with Crippen molar-refractivity contribution in [1.29, 1.82) is 5.26 Å². The van der Waals surface area contributed by atoms with Crippen LogP contribution in [0.1, 0.15) is 32.6 Å². The monoisotopic (exact) mass is 363 g/mol. The maximum absolute atomic E-state index is 13.1. The molecule has 7 heteroatoms. The summed E-state index contributed by atoms with van der Waals surface area (Å²) in [5.41, 5.74) is 0.117. The van der Waals surface area contributed by atoms with Crippen LogP contribution < -0.4 is 5.32 Å². The van der Waals surface area contributed by atoms with E-state index in [9.17, 15) is 4.79 Å². The second-order valence-electron chi connectivity index (χ2n) is 7.99. The number of rotatable bonds is 2. The molecule has 0 spiro atoms. The molecule has 2 unspecified atom stereocenters. The third kappa shape index (κ3) is 3.36. The average molecular weight is 364 g/mol. The van der Waals surface area contributed by atoms with E-state index in [1.54, 1.807) is 4.90 Å². The molecule has 3 aliphatic heterocycles. The maximum atomic E-state index is 13.1. The number of thioether (sulfide) groups is 1. The minimum Gasteiger partial charge on any atom is -0.315 e. The molecule has 4 aliphatic rings. The van der Waals surface area contributed by atoms with Crippen molar-refractivity contribution in [3.63, 3.8) is 0 Å². The molecule has 6 nitrogen and oxygen atoms in total. The lowest BCUT2D eigenvalue weighted by atomic mass is 9.78. The van der Waals surface area contributed by atoms with Gasteiger partial charge in [-0.15, -0.1) is 11.8 Å². The van der Waals surface area contributed by atoms with Crippen molar-refractivity contribution in [3.8, 4) is 6.19 Å². The molecule has 25 heavy (non-hydrogen) atoms. The summed E-state index contributed by atoms with van der Waals surface area (Å²) in [6.07, 6.45) is 7.65. The second kappa shape index (κ2) is 7.34. The number of hydrogen-bond donors (Lipinski definition) is 1. The fourth-order valence-corrected chi connectivity index (χ4v) is 6.67. The number of nitrogens with zero attached hydrogens (tertiary/aromatic N) is 4. The first-order valence-electron chi connectivity index (χ1n) is 9.75. The highest BCUT2D eigenvalue weighted by Gasteiger charge is 2.44. The van der Waals surface area contributed by atoms with E-state index >= 15 is 0 Å². The molecule has 0 bridgehead atoms. The standard InChI is InChI=1S/C18H29N5OS/c1-13-4-2-3-5-14(13)16-10-20-18(25-16)23-9-8-22-7-6-21(12-19)11-15(22)17(23)24/h13-16,18,20H,2-11H2,1H3/t13-,14-,15-,16?,18?/m1/s1. The van der Waals surface area contributed by atoms with Crippen LogP contribution >= 0.6 is 11.8 Å². The van der Waals surface area contributed by atoms with Crippen molar-refractivity contribution in [2.24, 2.45) is 11.8 Å². The van der Waals surface area contributed by atoms with Gasteiger partial charge >= 0.3 is 0 Å². The van der Waals surface area contributed by atoms with E-state index in [2.05, 4.69) is 23.3 Å². The second-order valence-corrected chi connectivity index (χ2v) is 9.31. The highest BCUT2D eigenvalue weighted by molar-refractivity contribution is 8.00. The van der Waals surface area contributed by atoms with Crippen molar-refractivity contribution in [1.82, 2.24) is 20.0 Å². The lowest BCUT2D eigenvalue weighted by Gasteiger charge is -2.46. The Kier molecular flexibility index (Phi) is 5.12. The first-order valence-corrected chi connectivity index (χ1v) is 10.7. The fraction of sp³-hybridized carbons (Fsp3) is 0.889. The molecule has 3 saturated heterocycles. The SMILES string of the molecule is C[C@@H]1CCCC[C@H]1C1CNC(N2CCN3CCN(C#N)C[C@@H]3C2=O)S1. The minimum atomic E-state index is -0.141. The van der Waals surface area contributed by atoms with Gasteiger partial charge in [0.15, 0.2) is 6.19 Å². The zero-order valence-corrected chi connectivity index (χ0v) is 15.9. The normalized spacial score (nSPS) is 40.0. The zero-order valence-electron chi connectivity index (χ0n) is 15.1. The zero-order chi connectivity index (χ0) is 17.4. The van der Waals surface area contributed by atoms with E-state index in [0.717, 1.165) is 44.6 Å². The smallest absolute Gasteiger partial charge is 0.243 e. The van der Waals surface area contributed by atoms with Gasteiger partial charge in [-0.3, -0.25) is 15.0 Å². The molecule has 1 saturated carbocycles. The Morgan fingerprint density at radius 2 is 2.00 bits per heavy atom. The van der Waals surface area contributed by atoms with Gasteiger partial charge in [0, 0.05) is 38.0 Å². The molecule has 3 heterocycles. The van der Waals surface area contributed by atoms with Gasteiger partial charge < -0.3 is 9.80 Å². The molecule has 0 aromatic carbocycles. The van der Waals surface area contributed by atoms with Gasteiger partial charge in [0.2, 0.25) is 5.91 Å². The molecule has 1 N–H and O–H groups in total. The number of carbonyl (C=O) groups excluding carboxylic acids is 1. The van der Waals surface area contributed by atoms with Crippen LogP contribution in [0.4, 0.5) is 0 Å². The molecular weight excluding hydrogens is 334 g/mol. The third-order valence-corrected chi connectivity index (χ3v) is 8.11. The molecule has 4 rings (SSSR count). The molecule has 0 radical (unpaired) electrons. The quantitative estimate of drug-likeness (QED) is 0.742. The van der Waals surface area contributed by atoms with Gasteiger partial charge in [-0.2, -0.15) is 5.26 Å².